The number of nitrogens with one attached hydrogen (secondary N) is 1. The molecular formula is C15H21NO4S. The van der Waals surface area contributed by atoms with E-state index in [-0.39, 0.29) is 12.3 Å². The maximum atomic E-state index is 12.0. The van der Waals surface area contributed by atoms with Crippen LogP contribution in [0.2, 0.25) is 0 Å². The Morgan fingerprint density at radius 1 is 1.24 bits per heavy atom. The first-order valence-electron chi connectivity index (χ1n) is 6.59. The molecule has 0 bridgehead atoms. The molecule has 0 aromatic heterocycles. The van der Waals surface area contributed by atoms with Crippen LogP contribution in [0.25, 0.3) is 0 Å². The van der Waals surface area contributed by atoms with Crippen molar-refractivity contribution in [2.75, 3.05) is 26.2 Å². The number of hydrogen-bond donors (Lipinski definition) is 1. The van der Waals surface area contributed by atoms with E-state index in [1.165, 1.54) is 7.11 Å². The van der Waals surface area contributed by atoms with Gasteiger partial charge < -0.3 is 14.8 Å². The van der Waals surface area contributed by atoms with Crippen molar-refractivity contribution in [2.24, 2.45) is 0 Å². The zero-order valence-corrected chi connectivity index (χ0v) is 13.4. The molecule has 0 heterocycles. The Morgan fingerprint density at radius 2 is 1.90 bits per heavy atom. The summed E-state index contributed by atoms with van der Waals surface area (Å²) in [6, 6.07) is 6.66. The Balaban J connectivity index is 2.57. The molecule has 1 aromatic carbocycles. The highest BCUT2D eigenvalue weighted by Crippen LogP contribution is 2.12. The third kappa shape index (κ3) is 6.08. The van der Waals surface area contributed by atoms with Crippen LogP contribution in [-0.2, 0) is 20.7 Å². The van der Waals surface area contributed by atoms with Gasteiger partial charge in [0.25, 0.3) is 0 Å². The molecule has 1 rings (SSSR count). The van der Waals surface area contributed by atoms with Crippen molar-refractivity contribution in [1.29, 1.82) is 0 Å². The van der Waals surface area contributed by atoms with Crippen molar-refractivity contribution in [2.45, 2.75) is 18.9 Å². The van der Waals surface area contributed by atoms with E-state index >= 15 is 0 Å². The van der Waals surface area contributed by atoms with E-state index in [4.69, 9.17) is 9.47 Å². The molecule has 0 aliphatic heterocycles. The van der Waals surface area contributed by atoms with E-state index in [1.807, 2.05) is 18.4 Å². The lowest BCUT2D eigenvalue weighted by molar-refractivity contribution is -0.145. The van der Waals surface area contributed by atoms with Gasteiger partial charge in [-0.2, -0.15) is 11.8 Å². The second kappa shape index (κ2) is 9.28. The molecule has 6 heteroatoms. The molecule has 1 amide bonds. The summed E-state index contributed by atoms with van der Waals surface area (Å²) in [5, 5.41) is 2.72. The van der Waals surface area contributed by atoms with Gasteiger partial charge in [0, 0.05) is 0 Å². The molecular weight excluding hydrogens is 290 g/mol. The van der Waals surface area contributed by atoms with Crippen LogP contribution in [-0.4, -0.2) is 44.1 Å². The fourth-order valence-corrected chi connectivity index (χ4v) is 2.27. The van der Waals surface area contributed by atoms with Gasteiger partial charge in [0.05, 0.1) is 20.6 Å². The molecule has 0 aliphatic carbocycles. The van der Waals surface area contributed by atoms with E-state index in [9.17, 15) is 9.59 Å². The van der Waals surface area contributed by atoms with Gasteiger partial charge in [-0.15, -0.1) is 0 Å². The third-order valence-electron chi connectivity index (χ3n) is 2.96. The van der Waals surface area contributed by atoms with Crippen LogP contribution in [0.4, 0.5) is 0 Å². The fourth-order valence-electron chi connectivity index (χ4n) is 1.80. The van der Waals surface area contributed by atoms with E-state index in [1.54, 1.807) is 31.0 Å². The summed E-state index contributed by atoms with van der Waals surface area (Å²) in [4.78, 5) is 23.6. The lowest BCUT2D eigenvalue weighted by atomic mass is 10.1. The number of carbonyl (C=O) groups excluding carboxylic acids is 2. The van der Waals surface area contributed by atoms with Crippen LogP contribution in [0.1, 0.15) is 12.0 Å². The summed E-state index contributed by atoms with van der Waals surface area (Å²) in [6.45, 7) is 0. The summed E-state index contributed by atoms with van der Waals surface area (Å²) >= 11 is 1.62. The quantitative estimate of drug-likeness (QED) is 0.740. The molecule has 0 aliphatic rings. The van der Waals surface area contributed by atoms with Crippen LogP contribution in [0.15, 0.2) is 24.3 Å². The molecule has 0 saturated carbocycles. The van der Waals surface area contributed by atoms with Gasteiger partial charge in [0.15, 0.2) is 0 Å². The molecule has 0 fully saturated rings. The molecule has 0 spiro atoms. The van der Waals surface area contributed by atoms with Crippen molar-refractivity contribution in [3.8, 4) is 5.75 Å². The Labute approximate surface area is 129 Å². The first-order valence-corrected chi connectivity index (χ1v) is 7.99. The predicted octanol–water partition coefficient (Wildman–Crippen LogP) is 1.65. The highest BCUT2D eigenvalue weighted by molar-refractivity contribution is 7.98. The molecule has 0 radical (unpaired) electrons. The molecule has 1 aromatic rings. The average Bonchev–Trinajstić information content (AvgIpc) is 2.51. The Hall–Kier alpha value is -1.69. The molecule has 5 nitrogen and oxygen atoms in total. The smallest absolute Gasteiger partial charge is 0.328 e. The largest absolute Gasteiger partial charge is 0.497 e. The first kappa shape index (κ1) is 17.4. The number of esters is 1. The Bertz CT molecular complexity index is 461. The minimum absolute atomic E-state index is 0.198. The monoisotopic (exact) mass is 311 g/mol. The van der Waals surface area contributed by atoms with Gasteiger partial charge >= 0.3 is 5.97 Å². The number of methoxy groups -OCH3 is 2. The third-order valence-corrected chi connectivity index (χ3v) is 3.60. The van der Waals surface area contributed by atoms with E-state index in [0.717, 1.165) is 17.1 Å². The highest BCUT2D eigenvalue weighted by atomic mass is 32.2. The van der Waals surface area contributed by atoms with E-state index < -0.39 is 12.0 Å². The lowest BCUT2D eigenvalue weighted by Crippen LogP contribution is -2.42. The maximum absolute atomic E-state index is 12.0. The van der Waals surface area contributed by atoms with Crippen LogP contribution in [0.3, 0.4) is 0 Å². The molecule has 1 N–H and O–H groups in total. The Kier molecular flexibility index (Phi) is 7.68. The maximum Gasteiger partial charge on any atom is 0.328 e. The van der Waals surface area contributed by atoms with Gasteiger partial charge in [-0.3, -0.25) is 4.79 Å². The van der Waals surface area contributed by atoms with Gasteiger partial charge in [0.1, 0.15) is 11.8 Å². The van der Waals surface area contributed by atoms with Crippen LogP contribution < -0.4 is 10.1 Å². The second-order valence-corrected chi connectivity index (χ2v) is 5.44. The molecule has 0 unspecified atom stereocenters. The van der Waals surface area contributed by atoms with Crippen LogP contribution >= 0.6 is 11.8 Å². The number of carbonyl (C=O) groups is 2. The van der Waals surface area contributed by atoms with Crippen molar-refractivity contribution in [1.82, 2.24) is 5.32 Å². The lowest BCUT2D eigenvalue weighted by Gasteiger charge is -2.16. The number of thioether (sulfide) groups is 1. The number of hydrogen-bond acceptors (Lipinski definition) is 5. The number of amides is 1. The van der Waals surface area contributed by atoms with Crippen LogP contribution in [0, 0.1) is 0 Å². The number of benzene rings is 1. The topological polar surface area (TPSA) is 64.6 Å². The predicted molar refractivity (Wildman–Crippen MR) is 83.6 cm³/mol. The zero-order chi connectivity index (χ0) is 15.7. The van der Waals surface area contributed by atoms with Crippen LogP contribution in [0.5, 0.6) is 5.75 Å². The SMILES string of the molecule is COC(=O)[C@@H](CCSC)NC(=O)Cc1ccc(OC)cc1. The minimum Gasteiger partial charge on any atom is -0.497 e. The van der Waals surface area contributed by atoms with Crippen molar-refractivity contribution in [3.05, 3.63) is 29.8 Å². The van der Waals surface area contributed by atoms with Crippen molar-refractivity contribution in [3.63, 3.8) is 0 Å². The van der Waals surface area contributed by atoms with E-state index in [0.29, 0.717) is 6.42 Å². The highest BCUT2D eigenvalue weighted by Gasteiger charge is 2.20. The normalized spacial score (nSPS) is 11.6. The molecule has 21 heavy (non-hydrogen) atoms. The van der Waals surface area contributed by atoms with Gasteiger partial charge in [-0.1, -0.05) is 12.1 Å². The average molecular weight is 311 g/mol. The molecule has 0 saturated heterocycles. The number of ether oxygens (including phenoxy) is 2. The Morgan fingerprint density at radius 3 is 2.43 bits per heavy atom. The summed E-state index contributed by atoms with van der Waals surface area (Å²) < 4.78 is 9.78. The summed E-state index contributed by atoms with van der Waals surface area (Å²) in [5.41, 5.74) is 0.863. The standard InChI is InChI=1S/C15H21NO4S/c1-19-12-6-4-11(5-7-12)10-14(17)16-13(8-9-21-3)15(18)20-2/h4-7,13H,8-10H2,1-3H3,(H,16,17)/t13-/m1/s1. The summed E-state index contributed by atoms with van der Waals surface area (Å²) in [6.07, 6.45) is 2.73. The van der Waals surface area contributed by atoms with Gasteiger partial charge in [-0.25, -0.2) is 4.79 Å². The summed E-state index contributed by atoms with van der Waals surface area (Å²) in [5.74, 6) is 0.915. The van der Waals surface area contributed by atoms with Crippen molar-refractivity contribution < 1.29 is 19.1 Å². The van der Waals surface area contributed by atoms with Crippen molar-refractivity contribution >= 4 is 23.6 Å². The van der Waals surface area contributed by atoms with E-state index in [2.05, 4.69) is 5.32 Å². The second-order valence-electron chi connectivity index (χ2n) is 4.45. The summed E-state index contributed by atoms with van der Waals surface area (Å²) in [7, 11) is 2.92. The van der Waals surface area contributed by atoms with Gasteiger partial charge in [-0.05, 0) is 36.1 Å². The van der Waals surface area contributed by atoms with Gasteiger partial charge in [0.2, 0.25) is 5.91 Å². The number of rotatable bonds is 8. The first-order chi connectivity index (χ1) is 10.1. The molecule has 116 valence electrons. The fraction of sp³-hybridized carbons (Fsp3) is 0.467. The minimum atomic E-state index is -0.590. The molecule has 1 atom stereocenters. The zero-order valence-electron chi connectivity index (χ0n) is 12.5.